The Labute approximate surface area is 171 Å². The number of ketones is 1. The molecule has 0 aliphatic heterocycles. The Hall–Kier alpha value is -3.07. The molecule has 1 N–H and O–H groups in total. The SMILES string of the molecule is CCCCCCn1c(O)c(C(=O)c2ccc(OCCC)cc2)c(C)c(C#N)c1=O. The van der Waals surface area contributed by atoms with Crippen molar-refractivity contribution in [3.05, 3.63) is 56.9 Å². The van der Waals surface area contributed by atoms with Crippen LogP contribution in [-0.4, -0.2) is 22.1 Å². The summed E-state index contributed by atoms with van der Waals surface area (Å²) in [5.74, 6) is -0.150. The second-order valence-corrected chi connectivity index (χ2v) is 7.03. The van der Waals surface area contributed by atoms with Crippen LogP contribution >= 0.6 is 0 Å². The molecule has 29 heavy (non-hydrogen) atoms. The van der Waals surface area contributed by atoms with E-state index in [1.54, 1.807) is 24.3 Å². The van der Waals surface area contributed by atoms with Crippen LogP contribution in [0.2, 0.25) is 0 Å². The molecule has 6 nitrogen and oxygen atoms in total. The van der Waals surface area contributed by atoms with Gasteiger partial charge in [-0.1, -0.05) is 33.1 Å². The first-order chi connectivity index (χ1) is 14.0. The average molecular weight is 396 g/mol. The van der Waals surface area contributed by atoms with Crippen molar-refractivity contribution < 1.29 is 14.6 Å². The van der Waals surface area contributed by atoms with Crippen molar-refractivity contribution in [2.75, 3.05) is 6.61 Å². The molecule has 0 unspecified atom stereocenters. The normalized spacial score (nSPS) is 10.6. The van der Waals surface area contributed by atoms with Gasteiger partial charge in [-0.3, -0.25) is 14.2 Å². The standard InChI is InChI=1S/C23H28N2O4/c1-4-6-7-8-13-25-22(27)19(15-24)16(3)20(23(25)28)21(26)17-9-11-18(12-10-17)29-14-5-2/h9-12,28H,4-8,13-14H2,1-3H3. The zero-order chi connectivity index (χ0) is 21.4. The van der Waals surface area contributed by atoms with E-state index in [1.807, 2.05) is 13.0 Å². The molecule has 0 saturated carbocycles. The number of rotatable bonds is 10. The third-order valence-electron chi connectivity index (χ3n) is 4.85. The van der Waals surface area contributed by atoms with Gasteiger partial charge in [0.15, 0.2) is 5.78 Å². The molecule has 1 heterocycles. The summed E-state index contributed by atoms with van der Waals surface area (Å²) in [5, 5.41) is 20.2. The Morgan fingerprint density at radius 1 is 1.14 bits per heavy atom. The van der Waals surface area contributed by atoms with Gasteiger partial charge in [-0.05, 0) is 49.6 Å². The Morgan fingerprint density at radius 3 is 2.41 bits per heavy atom. The van der Waals surface area contributed by atoms with Crippen LogP contribution in [0.4, 0.5) is 0 Å². The molecule has 1 aromatic carbocycles. The van der Waals surface area contributed by atoms with Crippen LogP contribution in [0.15, 0.2) is 29.1 Å². The van der Waals surface area contributed by atoms with E-state index in [0.29, 0.717) is 24.3 Å². The number of benzene rings is 1. The van der Waals surface area contributed by atoms with E-state index in [9.17, 15) is 20.0 Å². The van der Waals surface area contributed by atoms with Crippen molar-refractivity contribution in [2.24, 2.45) is 0 Å². The topological polar surface area (TPSA) is 92.3 Å². The molecule has 6 heteroatoms. The van der Waals surface area contributed by atoms with E-state index in [0.717, 1.165) is 30.3 Å². The summed E-state index contributed by atoms with van der Waals surface area (Å²) in [5.41, 5.74) is -0.106. The molecule has 2 aromatic rings. The van der Waals surface area contributed by atoms with E-state index >= 15 is 0 Å². The minimum absolute atomic E-state index is 0.00105. The number of carbonyl (C=O) groups is 1. The van der Waals surface area contributed by atoms with Crippen molar-refractivity contribution in [3.63, 3.8) is 0 Å². The molecule has 0 aliphatic carbocycles. The Balaban J connectivity index is 2.44. The van der Waals surface area contributed by atoms with Gasteiger partial charge in [0.25, 0.3) is 5.56 Å². The fourth-order valence-electron chi connectivity index (χ4n) is 3.19. The summed E-state index contributed by atoms with van der Waals surface area (Å²) in [4.78, 5) is 25.7. The van der Waals surface area contributed by atoms with Gasteiger partial charge in [0.05, 0.1) is 12.2 Å². The molecule has 1 aromatic heterocycles. The van der Waals surface area contributed by atoms with Gasteiger partial charge in [-0.15, -0.1) is 0 Å². The summed E-state index contributed by atoms with van der Waals surface area (Å²) in [6.07, 6.45) is 4.53. The van der Waals surface area contributed by atoms with Gasteiger partial charge in [0, 0.05) is 12.1 Å². The number of carbonyl (C=O) groups excluding carboxylic acids is 1. The number of aromatic nitrogens is 1. The monoisotopic (exact) mass is 396 g/mol. The summed E-state index contributed by atoms with van der Waals surface area (Å²) in [6.45, 7) is 6.46. The zero-order valence-electron chi connectivity index (χ0n) is 17.3. The molecule has 2 rings (SSSR count). The first-order valence-corrected chi connectivity index (χ1v) is 10.1. The number of aromatic hydroxyl groups is 1. The lowest BCUT2D eigenvalue weighted by Gasteiger charge is -2.15. The molecular weight excluding hydrogens is 368 g/mol. The minimum Gasteiger partial charge on any atom is -0.494 e. The Kier molecular flexibility index (Phi) is 8.02. The summed E-state index contributed by atoms with van der Waals surface area (Å²) >= 11 is 0. The second kappa shape index (κ2) is 10.5. The highest BCUT2D eigenvalue weighted by Gasteiger charge is 2.24. The van der Waals surface area contributed by atoms with E-state index in [2.05, 4.69) is 6.92 Å². The minimum atomic E-state index is -0.557. The predicted octanol–water partition coefficient (Wildman–Crippen LogP) is 4.33. The van der Waals surface area contributed by atoms with Crippen LogP contribution < -0.4 is 10.3 Å². The fraction of sp³-hybridized carbons (Fsp3) is 0.435. The molecule has 0 amide bonds. The van der Waals surface area contributed by atoms with Gasteiger partial charge in [0.1, 0.15) is 17.4 Å². The molecule has 0 radical (unpaired) electrons. The molecule has 0 atom stereocenters. The van der Waals surface area contributed by atoms with Crippen LogP contribution in [0, 0.1) is 18.3 Å². The average Bonchev–Trinajstić information content (AvgIpc) is 2.72. The third kappa shape index (κ3) is 5.05. The Bertz CT molecular complexity index is 953. The molecule has 0 bridgehead atoms. The summed E-state index contributed by atoms with van der Waals surface area (Å²) < 4.78 is 6.68. The molecule has 0 aliphatic rings. The lowest BCUT2D eigenvalue weighted by Crippen LogP contribution is -2.27. The number of nitriles is 1. The number of nitrogens with zero attached hydrogens (tertiary/aromatic N) is 2. The second-order valence-electron chi connectivity index (χ2n) is 7.03. The molecule has 0 fully saturated rings. The fourth-order valence-corrected chi connectivity index (χ4v) is 3.19. The van der Waals surface area contributed by atoms with Crippen LogP contribution in [0.25, 0.3) is 0 Å². The van der Waals surface area contributed by atoms with Gasteiger partial charge in [-0.25, -0.2) is 0 Å². The lowest BCUT2D eigenvalue weighted by atomic mass is 9.97. The van der Waals surface area contributed by atoms with E-state index < -0.39 is 11.3 Å². The lowest BCUT2D eigenvalue weighted by molar-refractivity contribution is 0.103. The van der Waals surface area contributed by atoms with Crippen molar-refractivity contribution in [3.8, 4) is 17.7 Å². The number of hydrogen-bond donors (Lipinski definition) is 1. The number of unbranched alkanes of at least 4 members (excludes halogenated alkanes) is 3. The van der Waals surface area contributed by atoms with Crippen LogP contribution in [0.3, 0.4) is 0 Å². The van der Waals surface area contributed by atoms with Crippen LogP contribution in [0.1, 0.15) is 73.0 Å². The zero-order valence-corrected chi connectivity index (χ0v) is 17.3. The maximum absolute atomic E-state index is 13.1. The number of ether oxygens (including phenoxy) is 1. The number of hydrogen-bond acceptors (Lipinski definition) is 5. The maximum atomic E-state index is 13.1. The van der Waals surface area contributed by atoms with E-state index in [4.69, 9.17) is 4.74 Å². The summed E-state index contributed by atoms with van der Waals surface area (Å²) in [6, 6.07) is 8.53. The quantitative estimate of drug-likeness (QED) is 0.476. The molecular formula is C23H28N2O4. The smallest absolute Gasteiger partial charge is 0.271 e. The highest BCUT2D eigenvalue weighted by Crippen LogP contribution is 2.26. The first kappa shape index (κ1) is 22.2. The highest BCUT2D eigenvalue weighted by atomic mass is 16.5. The molecule has 0 saturated heterocycles. The first-order valence-electron chi connectivity index (χ1n) is 10.1. The number of pyridine rings is 1. The van der Waals surface area contributed by atoms with Crippen LogP contribution in [-0.2, 0) is 6.54 Å². The van der Waals surface area contributed by atoms with Crippen molar-refractivity contribution >= 4 is 5.78 Å². The third-order valence-corrected chi connectivity index (χ3v) is 4.85. The Morgan fingerprint density at radius 2 is 1.83 bits per heavy atom. The van der Waals surface area contributed by atoms with Gasteiger partial charge >= 0.3 is 0 Å². The molecule has 0 spiro atoms. The van der Waals surface area contributed by atoms with E-state index in [-0.39, 0.29) is 29.1 Å². The van der Waals surface area contributed by atoms with Crippen molar-refractivity contribution in [1.29, 1.82) is 5.26 Å². The van der Waals surface area contributed by atoms with Gasteiger partial charge in [-0.2, -0.15) is 5.26 Å². The summed E-state index contributed by atoms with van der Waals surface area (Å²) in [7, 11) is 0. The van der Waals surface area contributed by atoms with Crippen molar-refractivity contribution in [2.45, 2.75) is 59.4 Å². The highest BCUT2D eigenvalue weighted by molar-refractivity contribution is 6.11. The largest absolute Gasteiger partial charge is 0.494 e. The van der Waals surface area contributed by atoms with Crippen LogP contribution in [0.5, 0.6) is 11.6 Å². The molecule has 154 valence electrons. The predicted molar refractivity (Wildman–Crippen MR) is 112 cm³/mol. The maximum Gasteiger partial charge on any atom is 0.271 e. The van der Waals surface area contributed by atoms with E-state index in [1.165, 1.54) is 6.92 Å². The van der Waals surface area contributed by atoms with Gasteiger partial charge in [0.2, 0.25) is 5.88 Å². The van der Waals surface area contributed by atoms with Crippen molar-refractivity contribution in [1.82, 2.24) is 4.57 Å². The van der Waals surface area contributed by atoms with Gasteiger partial charge < -0.3 is 9.84 Å².